The Balaban J connectivity index is 2.90. The second-order valence-corrected chi connectivity index (χ2v) is 3.42. The van der Waals surface area contributed by atoms with Crippen molar-refractivity contribution in [2.24, 2.45) is 0 Å². The van der Waals surface area contributed by atoms with Gasteiger partial charge in [-0.1, -0.05) is 11.6 Å². The molecule has 0 aliphatic rings. The Morgan fingerprint density at radius 3 is 2.85 bits per heavy atom. The molecule has 1 aromatic rings. The van der Waals surface area contributed by atoms with Crippen molar-refractivity contribution in [3.8, 4) is 5.75 Å². The molecule has 13 heavy (non-hydrogen) atoms. The second-order valence-electron chi connectivity index (χ2n) is 2.22. The van der Waals surface area contributed by atoms with Crippen LogP contribution < -0.4 is 4.74 Å². The minimum atomic E-state index is -0.524. The first-order valence-electron chi connectivity index (χ1n) is 3.42. The average molecular weight is 269 g/mol. The van der Waals surface area contributed by atoms with Crippen LogP contribution in [-0.4, -0.2) is 13.9 Å². The van der Waals surface area contributed by atoms with Gasteiger partial charge in [0.1, 0.15) is 0 Å². The minimum absolute atomic E-state index is 0.00495. The van der Waals surface area contributed by atoms with E-state index in [9.17, 15) is 4.39 Å². The maximum Gasteiger partial charge on any atom is 0.188 e. The summed E-state index contributed by atoms with van der Waals surface area (Å²) >= 11 is 8.64. The van der Waals surface area contributed by atoms with Crippen LogP contribution in [0.25, 0.3) is 0 Å². The van der Waals surface area contributed by atoms with Crippen LogP contribution >= 0.6 is 27.5 Å². The van der Waals surface area contributed by atoms with Crippen molar-refractivity contribution in [2.75, 3.05) is 13.9 Å². The van der Waals surface area contributed by atoms with E-state index in [1.54, 1.807) is 6.07 Å². The van der Waals surface area contributed by atoms with Gasteiger partial charge in [-0.3, -0.25) is 0 Å². The monoisotopic (exact) mass is 268 g/mol. The van der Waals surface area contributed by atoms with Crippen LogP contribution in [0.1, 0.15) is 0 Å². The van der Waals surface area contributed by atoms with Gasteiger partial charge >= 0.3 is 0 Å². The van der Waals surface area contributed by atoms with Crippen molar-refractivity contribution < 1.29 is 13.9 Å². The van der Waals surface area contributed by atoms with Crippen LogP contribution in [0.3, 0.4) is 0 Å². The zero-order chi connectivity index (χ0) is 9.84. The van der Waals surface area contributed by atoms with Crippen LogP contribution in [0.5, 0.6) is 5.75 Å². The summed E-state index contributed by atoms with van der Waals surface area (Å²) in [7, 11) is 1.46. The molecule has 5 heteroatoms. The highest BCUT2D eigenvalue weighted by molar-refractivity contribution is 9.10. The molecule has 1 aromatic carbocycles. The first kappa shape index (κ1) is 10.8. The Labute approximate surface area is 88.7 Å². The van der Waals surface area contributed by atoms with Gasteiger partial charge in [-0.05, 0) is 28.1 Å². The topological polar surface area (TPSA) is 18.5 Å². The molecule has 0 aliphatic carbocycles. The maximum absolute atomic E-state index is 13.3. The van der Waals surface area contributed by atoms with E-state index in [1.165, 1.54) is 13.2 Å². The third-order valence-electron chi connectivity index (χ3n) is 1.33. The SMILES string of the molecule is COCOc1ccc(Cl)c(Br)c1F. The standard InChI is InChI=1S/C8H7BrClFO2/c1-12-4-13-6-3-2-5(10)7(9)8(6)11/h2-3H,4H2,1H3. The summed E-state index contributed by atoms with van der Waals surface area (Å²) in [6.07, 6.45) is 0. The molecular weight excluding hydrogens is 262 g/mol. The molecule has 1 rings (SSSR count). The van der Waals surface area contributed by atoms with Crippen LogP contribution in [-0.2, 0) is 4.74 Å². The number of methoxy groups -OCH3 is 1. The molecule has 0 aromatic heterocycles. The van der Waals surface area contributed by atoms with Gasteiger partial charge in [-0.15, -0.1) is 0 Å². The minimum Gasteiger partial charge on any atom is -0.464 e. The van der Waals surface area contributed by atoms with E-state index in [0.29, 0.717) is 5.02 Å². The molecule has 0 amide bonds. The van der Waals surface area contributed by atoms with Gasteiger partial charge in [0.2, 0.25) is 0 Å². The van der Waals surface area contributed by atoms with Gasteiger partial charge in [-0.25, -0.2) is 4.39 Å². The van der Waals surface area contributed by atoms with Crippen molar-refractivity contribution in [1.29, 1.82) is 0 Å². The maximum atomic E-state index is 13.3. The molecule has 0 radical (unpaired) electrons. The van der Waals surface area contributed by atoms with Crippen molar-refractivity contribution in [3.05, 3.63) is 27.4 Å². The molecule has 0 spiro atoms. The van der Waals surface area contributed by atoms with E-state index in [2.05, 4.69) is 20.7 Å². The molecule has 0 bridgehead atoms. The predicted octanol–water partition coefficient (Wildman–Crippen LogP) is 3.22. The molecule has 0 saturated carbocycles. The fourth-order valence-electron chi connectivity index (χ4n) is 0.742. The first-order valence-corrected chi connectivity index (χ1v) is 4.59. The first-order chi connectivity index (χ1) is 6.16. The lowest BCUT2D eigenvalue weighted by Crippen LogP contribution is -2.00. The number of ether oxygens (including phenoxy) is 2. The molecule has 72 valence electrons. The van der Waals surface area contributed by atoms with Crippen LogP contribution in [0, 0.1) is 5.82 Å². The lowest BCUT2D eigenvalue weighted by atomic mass is 10.3. The number of rotatable bonds is 3. The number of halogens is 3. The number of hydrogen-bond acceptors (Lipinski definition) is 2. The fourth-order valence-corrected chi connectivity index (χ4v) is 1.22. The predicted molar refractivity (Wildman–Crippen MR) is 51.6 cm³/mol. The zero-order valence-corrected chi connectivity index (χ0v) is 9.15. The lowest BCUT2D eigenvalue weighted by molar-refractivity contribution is 0.0482. The Morgan fingerprint density at radius 1 is 1.54 bits per heavy atom. The quantitative estimate of drug-likeness (QED) is 0.619. The van der Waals surface area contributed by atoms with E-state index in [-0.39, 0.29) is 17.0 Å². The highest BCUT2D eigenvalue weighted by Crippen LogP contribution is 2.31. The smallest absolute Gasteiger partial charge is 0.188 e. The summed E-state index contributed by atoms with van der Waals surface area (Å²) in [5, 5.41) is 0.308. The second kappa shape index (κ2) is 4.79. The zero-order valence-electron chi connectivity index (χ0n) is 6.81. The Hall–Kier alpha value is -0.320. The molecule has 0 N–H and O–H groups in total. The summed E-state index contributed by atoms with van der Waals surface area (Å²) in [6.45, 7) is 0.00495. The Morgan fingerprint density at radius 2 is 2.23 bits per heavy atom. The molecule has 0 unspecified atom stereocenters. The van der Waals surface area contributed by atoms with Crippen molar-refractivity contribution in [2.45, 2.75) is 0 Å². The third kappa shape index (κ3) is 2.56. The van der Waals surface area contributed by atoms with Crippen LogP contribution in [0.15, 0.2) is 16.6 Å². The van der Waals surface area contributed by atoms with Crippen LogP contribution in [0.4, 0.5) is 4.39 Å². The van der Waals surface area contributed by atoms with Gasteiger partial charge in [0.05, 0.1) is 9.50 Å². The molecule has 2 nitrogen and oxygen atoms in total. The van der Waals surface area contributed by atoms with Gasteiger partial charge in [-0.2, -0.15) is 0 Å². The summed E-state index contributed by atoms with van der Waals surface area (Å²) < 4.78 is 23.0. The fraction of sp³-hybridized carbons (Fsp3) is 0.250. The van der Waals surface area contributed by atoms with Gasteiger partial charge in [0.25, 0.3) is 0 Å². The highest BCUT2D eigenvalue weighted by Gasteiger charge is 2.10. The highest BCUT2D eigenvalue weighted by atomic mass is 79.9. The largest absolute Gasteiger partial charge is 0.464 e. The van der Waals surface area contributed by atoms with Crippen molar-refractivity contribution in [1.82, 2.24) is 0 Å². The van der Waals surface area contributed by atoms with E-state index in [4.69, 9.17) is 16.3 Å². The van der Waals surface area contributed by atoms with Gasteiger partial charge in [0, 0.05) is 7.11 Å². The summed E-state index contributed by atoms with van der Waals surface area (Å²) in [5.41, 5.74) is 0. The molecule has 0 heterocycles. The summed E-state index contributed by atoms with van der Waals surface area (Å²) in [6, 6.07) is 2.99. The molecular formula is C8H7BrClFO2. The normalized spacial score (nSPS) is 10.2. The molecule has 0 aliphatic heterocycles. The van der Waals surface area contributed by atoms with Crippen molar-refractivity contribution in [3.63, 3.8) is 0 Å². The summed E-state index contributed by atoms with van der Waals surface area (Å²) in [4.78, 5) is 0. The summed E-state index contributed by atoms with van der Waals surface area (Å²) in [5.74, 6) is -0.414. The van der Waals surface area contributed by atoms with E-state index < -0.39 is 5.82 Å². The number of benzene rings is 1. The molecule has 0 saturated heterocycles. The third-order valence-corrected chi connectivity index (χ3v) is 2.65. The van der Waals surface area contributed by atoms with E-state index in [1.807, 2.05) is 0 Å². The van der Waals surface area contributed by atoms with Crippen LogP contribution in [0.2, 0.25) is 5.02 Å². The average Bonchev–Trinajstić information content (AvgIpc) is 2.13. The lowest BCUT2D eigenvalue weighted by Gasteiger charge is -2.07. The van der Waals surface area contributed by atoms with Gasteiger partial charge < -0.3 is 9.47 Å². The Kier molecular flexibility index (Phi) is 3.96. The van der Waals surface area contributed by atoms with E-state index >= 15 is 0 Å². The number of hydrogen-bond donors (Lipinski definition) is 0. The molecule has 0 fully saturated rings. The molecule has 0 atom stereocenters. The Bertz CT molecular complexity index is 306. The van der Waals surface area contributed by atoms with Crippen molar-refractivity contribution >= 4 is 27.5 Å². The van der Waals surface area contributed by atoms with Gasteiger partial charge in [0.15, 0.2) is 18.4 Å². The van der Waals surface area contributed by atoms with E-state index in [0.717, 1.165) is 0 Å².